The lowest BCUT2D eigenvalue weighted by atomic mass is 10.1. The zero-order valence-corrected chi connectivity index (χ0v) is 21.2. The highest BCUT2D eigenvalue weighted by Gasteiger charge is 2.23. The third kappa shape index (κ3) is 7.32. The van der Waals surface area contributed by atoms with Crippen molar-refractivity contribution in [3.63, 3.8) is 0 Å². The average Bonchev–Trinajstić information content (AvgIpc) is 3.22. The summed E-state index contributed by atoms with van der Waals surface area (Å²) in [7, 11) is 0. The number of benzene rings is 2. The molecule has 0 aliphatic carbocycles. The maximum atomic E-state index is 13.5. The van der Waals surface area contributed by atoms with E-state index in [2.05, 4.69) is 26.0 Å². The second-order valence-electron chi connectivity index (χ2n) is 7.96. The van der Waals surface area contributed by atoms with Crippen LogP contribution in [0, 0.1) is 6.92 Å². The van der Waals surface area contributed by atoms with Crippen LogP contribution < -0.4 is 0 Å². The first-order chi connectivity index (χ1) is 15.9. The number of halogens is 2. The fourth-order valence-corrected chi connectivity index (χ4v) is 4.67. The van der Waals surface area contributed by atoms with Crippen LogP contribution in [0.5, 0.6) is 0 Å². The van der Waals surface area contributed by atoms with Gasteiger partial charge in [-0.3, -0.25) is 9.59 Å². The van der Waals surface area contributed by atoms with Crippen LogP contribution in [0.1, 0.15) is 45.4 Å². The van der Waals surface area contributed by atoms with Crippen molar-refractivity contribution in [2.45, 2.75) is 39.8 Å². The minimum absolute atomic E-state index is 0.0102. The van der Waals surface area contributed by atoms with Crippen LogP contribution in [0.15, 0.2) is 60.7 Å². The van der Waals surface area contributed by atoms with Gasteiger partial charge in [0.1, 0.15) is 6.54 Å². The number of aryl methyl sites for hydroxylation is 1. The van der Waals surface area contributed by atoms with Crippen molar-refractivity contribution < 1.29 is 9.59 Å². The largest absolute Gasteiger partial charge is 0.332 e. The van der Waals surface area contributed by atoms with Crippen molar-refractivity contribution >= 4 is 46.4 Å². The number of carbonyl (C=O) groups excluding carboxylic acids is 2. The average molecular weight is 503 g/mol. The zero-order valence-electron chi connectivity index (χ0n) is 18.9. The number of hydrogen-bond donors (Lipinski definition) is 0. The van der Waals surface area contributed by atoms with E-state index in [1.165, 1.54) is 4.88 Å². The molecule has 0 bridgehead atoms. The number of carbonyl (C=O) groups is 2. The van der Waals surface area contributed by atoms with Gasteiger partial charge in [0.2, 0.25) is 5.91 Å². The summed E-state index contributed by atoms with van der Waals surface area (Å²) in [5.74, 6) is -0.309. The molecule has 33 heavy (non-hydrogen) atoms. The maximum Gasteiger partial charge on any atom is 0.254 e. The molecule has 2 aromatic carbocycles. The minimum atomic E-state index is -0.220. The monoisotopic (exact) mass is 502 g/mol. The third-order valence-electron chi connectivity index (χ3n) is 5.27. The number of hydrogen-bond acceptors (Lipinski definition) is 3. The summed E-state index contributed by atoms with van der Waals surface area (Å²) >= 11 is 13.8. The van der Waals surface area contributed by atoms with Gasteiger partial charge in [-0.1, -0.05) is 66.9 Å². The van der Waals surface area contributed by atoms with E-state index in [-0.39, 0.29) is 18.4 Å². The summed E-state index contributed by atoms with van der Waals surface area (Å²) in [6.45, 7) is 5.62. The molecular formula is C26H28Cl2N2O2S. The number of unbranched alkanes of at least 4 members (excludes halogenated alkanes) is 1. The van der Waals surface area contributed by atoms with Gasteiger partial charge in [0, 0.05) is 28.4 Å². The molecular weight excluding hydrogens is 475 g/mol. The van der Waals surface area contributed by atoms with Gasteiger partial charge in [-0.2, -0.15) is 0 Å². The van der Waals surface area contributed by atoms with Crippen LogP contribution in [0.4, 0.5) is 0 Å². The fourth-order valence-electron chi connectivity index (χ4n) is 3.47. The standard InChI is InChI=1S/C26H28Cl2N2O2S/c1-3-4-14-29(26(32)21-11-13-23(27)24(28)15-21)18-25(31)30(16-20-8-6-5-7-9-20)17-22-12-10-19(2)33-22/h5-13,15H,3-4,14,16-18H2,1-2H3. The Labute approximate surface area is 209 Å². The first-order valence-corrected chi connectivity index (χ1v) is 12.6. The summed E-state index contributed by atoms with van der Waals surface area (Å²) in [6, 6.07) is 18.8. The smallest absolute Gasteiger partial charge is 0.254 e. The predicted octanol–water partition coefficient (Wildman–Crippen LogP) is 6.83. The lowest BCUT2D eigenvalue weighted by molar-refractivity contribution is -0.133. The highest BCUT2D eigenvalue weighted by Crippen LogP contribution is 2.24. The Hall–Kier alpha value is -2.34. The quantitative estimate of drug-likeness (QED) is 0.304. The molecule has 3 rings (SSSR count). The molecule has 0 atom stereocenters. The Morgan fingerprint density at radius 2 is 1.67 bits per heavy atom. The van der Waals surface area contributed by atoms with Crippen LogP contribution in [0.3, 0.4) is 0 Å². The topological polar surface area (TPSA) is 40.6 Å². The second-order valence-corrected chi connectivity index (χ2v) is 10.1. The molecule has 0 N–H and O–H groups in total. The molecule has 7 heteroatoms. The van der Waals surface area contributed by atoms with Crippen molar-refractivity contribution in [3.05, 3.63) is 91.6 Å². The van der Waals surface area contributed by atoms with Gasteiger partial charge < -0.3 is 9.80 Å². The molecule has 0 spiro atoms. The molecule has 0 radical (unpaired) electrons. The fraction of sp³-hybridized carbons (Fsp3) is 0.308. The van der Waals surface area contributed by atoms with Crippen LogP contribution in [0.2, 0.25) is 10.0 Å². The third-order valence-corrected chi connectivity index (χ3v) is 7.00. The van der Waals surface area contributed by atoms with Crippen molar-refractivity contribution in [2.24, 2.45) is 0 Å². The lowest BCUT2D eigenvalue weighted by Gasteiger charge is -2.28. The Bertz CT molecular complexity index is 1080. The summed E-state index contributed by atoms with van der Waals surface area (Å²) in [4.78, 5) is 32.5. The van der Waals surface area contributed by atoms with Gasteiger partial charge in [-0.05, 0) is 49.2 Å². The first kappa shape index (κ1) is 25.3. The summed E-state index contributed by atoms with van der Waals surface area (Å²) in [5, 5.41) is 0.715. The van der Waals surface area contributed by atoms with Crippen molar-refractivity contribution in [2.75, 3.05) is 13.1 Å². The second kappa shape index (κ2) is 12.2. The van der Waals surface area contributed by atoms with Crippen LogP contribution in [-0.4, -0.2) is 34.7 Å². The number of nitrogens with zero attached hydrogens (tertiary/aromatic N) is 2. The van der Waals surface area contributed by atoms with E-state index in [0.717, 1.165) is 23.3 Å². The van der Waals surface area contributed by atoms with Gasteiger partial charge >= 0.3 is 0 Å². The van der Waals surface area contributed by atoms with Crippen molar-refractivity contribution in [3.8, 4) is 0 Å². The number of amides is 2. The SMILES string of the molecule is CCCCN(CC(=O)N(Cc1ccccc1)Cc1ccc(C)s1)C(=O)c1ccc(Cl)c(Cl)c1. The molecule has 0 saturated carbocycles. The highest BCUT2D eigenvalue weighted by molar-refractivity contribution is 7.11. The van der Waals surface area contributed by atoms with E-state index >= 15 is 0 Å². The molecule has 4 nitrogen and oxygen atoms in total. The van der Waals surface area contributed by atoms with Crippen molar-refractivity contribution in [1.82, 2.24) is 9.80 Å². The Balaban J connectivity index is 1.81. The molecule has 0 saturated heterocycles. The zero-order chi connectivity index (χ0) is 23.8. The summed E-state index contributed by atoms with van der Waals surface area (Å²) < 4.78 is 0. The van der Waals surface area contributed by atoms with E-state index in [1.54, 1.807) is 34.4 Å². The van der Waals surface area contributed by atoms with E-state index < -0.39 is 0 Å². The molecule has 0 aliphatic heterocycles. The Morgan fingerprint density at radius 3 is 2.30 bits per heavy atom. The van der Waals surface area contributed by atoms with Gasteiger partial charge in [0.15, 0.2) is 0 Å². The first-order valence-electron chi connectivity index (χ1n) is 11.0. The molecule has 3 aromatic rings. The van der Waals surface area contributed by atoms with E-state index in [4.69, 9.17) is 23.2 Å². The molecule has 2 amide bonds. The van der Waals surface area contributed by atoms with Gasteiger partial charge in [-0.15, -0.1) is 11.3 Å². The van der Waals surface area contributed by atoms with Crippen LogP contribution in [0.25, 0.3) is 0 Å². The van der Waals surface area contributed by atoms with E-state index in [0.29, 0.717) is 35.2 Å². The normalized spacial score (nSPS) is 10.8. The predicted molar refractivity (Wildman–Crippen MR) is 137 cm³/mol. The molecule has 0 fully saturated rings. The highest BCUT2D eigenvalue weighted by atomic mass is 35.5. The molecule has 1 aromatic heterocycles. The number of rotatable bonds is 10. The minimum Gasteiger partial charge on any atom is -0.332 e. The van der Waals surface area contributed by atoms with Crippen LogP contribution in [-0.2, 0) is 17.9 Å². The van der Waals surface area contributed by atoms with Gasteiger partial charge in [-0.25, -0.2) is 0 Å². The lowest BCUT2D eigenvalue weighted by Crippen LogP contribution is -2.42. The van der Waals surface area contributed by atoms with Gasteiger partial charge in [0.25, 0.3) is 5.91 Å². The Kier molecular flexibility index (Phi) is 9.36. The maximum absolute atomic E-state index is 13.5. The molecule has 0 unspecified atom stereocenters. The number of thiophene rings is 1. The molecule has 174 valence electrons. The molecule has 1 heterocycles. The van der Waals surface area contributed by atoms with E-state index in [1.807, 2.05) is 35.2 Å². The van der Waals surface area contributed by atoms with Crippen molar-refractivity contribution in [1.29, 1.82) is 0 Å². The Morgan fingerprint density at radius 1 is 0.909 bits per heavy atom. The van der Waals surface area contributed by atoms with Crippen LogP contribution >= 0.6 is 34.5 Å². The molecule has 0 aliphatic rings. The van der Waals surface area contributed by atoms with Gasteiger partial charge in [0.05, 0.1) is 16.6 Å². The van der Waals surface area contributed by atoms with E-state index in [9.17, 15) is 9.59 Å². The summed E-state index contributed by atoms with van der Waals surface area (Å²) in [5.41, 5.74) is 1.48. The summed E-state index contributed by atoms with van der Waals surface area (Å²) in [6.07, 6.45) is 1.73.